The lowest BCUT2D eigenvalue weighted by atomic mass is 10.1. The van der Waals surface area contributed by atoms with Crippen molar-refractivity contribution >= 4 is 10.9 Å². The number of hydrogen-bond donors (Lipinski definition) is 1. The van der Waals surface area contributed by atoms with Crippen molar-refractivity contribution in [3.05, 3.63) is 30.6 Å². The van der Waals surface area contributed by atoms with E-state index in [2.05, 4.69) is 15.3 Å². The molecule has 0 aliphatic carbocycles. The van der Waals surface area contributed by atoms with E-state index in [0.29, 0.717) is 6.61 Å². The van der Waals surface area contributed by atoms with Crippen molar-refractivity contribution < 1.29 is 9.47 Å². The lowest BCUT2D eigenvalue weighted by molar-refractivity contribution is 0.114. The Balaban J connectivity index is 1.75. The molecule has 0 fully saturated rings. The number of rotatable bonds is 0. The van der Waals surface area contributed by atoms with Gasteiger partial charge in [0.15, 0.2) is 0 Å². The Kier molecular flexibility index (Phi) is 3.52. The van der Waals surface area contributed by atoms with Gasteiger partial charge in [-0.25, -0.2) is 0 Å². The fraction of sp³-hybridized carbons (Fsp3) is 0.375. The minimum Gasteiger partial charge on any atom is -0.493 e. The Morgan fingerprint density at radius 2 is 2.09 bits per heavy atom. The number of nitrogens with one attached hydrogen (secondary N) is 1. The summed E-state index contributed by atoms with van der Waals surface area (Å²) in [6.07, 6.45) is 5.73. The highest BCUT2D eigenvalue weighted by Crippen LogP contribution is 2.29. The van der Waals surface area contributed by atoms with Crippen LogP contribution in [0.5, 0.6) is 5.75 Å². The third-order valence-corrected chi connectivity index (χ3v) is 3.82. The molecule has 3 heterocycles. The van der Waals surface area contributed by atoms with Crippen LogP contribution in [0.4, 0.5) is 0 Å². The molecule has 114 valence electrons. The number of nitrogens with zero attached hydrogens (tertiary/aromatic N) is 3. The fourth-order valence-corrected chi connectivity index (χ4v) is 2.69. The molecule has 1 aliphatic heterocycles. The van der Waals surface area contributed by atoms with Crippen molar-refractivity contribution in [2.45, 2.75) is 19.4 Å². The molecule has 6 nitrogen and oxygen atoms in total. The second-order valence-corrected chi connectivity index (χ2v) is 5.44. The number of aromatic nitrogens is 4. The smallest absolute Gasteiger partial charge is 0.120 e. The molecule has 0 unspecified atom stereocenters. The van der Waals surface area contributed by atoms with E-state index in [1.165, 1.54) is 0 Å². The van der Waals surface area contributed by atoms with Crippen LogP contribution in [0.2, 0.25) is 0 Å². The highest BCUT2D eigenvalue weighted by atomic mass is 16.5. The zero-order valence-corrected chi connectivity index (χ0v) is 12.3. The standard InChI is InChI=1S/C16H18N4O2/c1-5-20-11-12(10-17-20)16-14-9-13(3-4-15(14)18-19-16)22-8-2-7-21-6-1/h3-4,9-11H,1-2,5-8H2,(H,18,19). The van der Waals surface area contributed by atoms with Gasteiger partial charge in [0.2, 0.25) is 0 Å². The maximum absolute atomic E-state index is 5.81. The Morgan fingerprint density at radius 3 is 3.09 bits per heavy atom. The molecule has 0 saturated heterocycles. The molecule has 3 aromatic rings. The second-order valence-electron chi connectivity index (χ2n) is 5.44. The average molecular weight is 298 g/mol. The van der Waals surface area contributed by atoms with Gasteiger partial charge < -0.3 is 9.47 Å². The third-order valence-electron chi connectivity index (χ3n) is 3.82. The van der Waals surface area contributed by atoms with Gasteiger partial charge in [-0.15, -0.1) is 0 Å². The zero-order valence-electron chi connectivity index (χ0n) is 12.3. The van der Waals surface area contributed by atoms with Gasteiger partial charge in [0.1, 0.15) is 11.4 Å². The lowest BCUT2D eigenvalue weighted by Crippen LogP contribution is -2.06. The molecule has 1 aliphatic rings. The first kappa shape index (κ1) is 13.3. The third kappa shape index (κ3) is 2.57. The van der Waals surface area contributed by atoms with Crippen LogP contribution in [0.1, 0.15) is 12.8 Å². The number of H-pyrrole nitrogens is 1. The molecular formula is C16H18N4O2. The molecule has 4 bridgehead atoms. The van der Waals surface area contributed by atoms with E-state index in [9.17, 15) is 0 Å². The molecule has 0 amide bonds. The Hall–Kier alpha value is -2.34. The van der Waals surface area contributed by atoms with Gasteiger partial charge in [-0.2, -0.15) is 10.2 Å². The van der Waals surface area contributed by atoms with Crippen LogP contribution in [0, 0.1) is 0 Å². The van der Waals surface area contributed by atoms with Crippen LogP contribution in [0.25, 0.3) is 22.2 Å². The summed E-state index contributed by atoms with van der Waals surface area (Å²) in [4.78, 5) is 0. The van der Waals surface area contributed by atoms with Crippen LogP contribution in [-0.2, 0) is 11.3 Å². The maximum atomic E-state index is 5.81. The fourth-order valence-electron chi connectivity index (χ4n) is 2.69. The van der Waals surface area contributed by atoms with Crippen molar-refractivity contribution in [3.63, 3.8) is 0 Å². The van der Waals surface area contributed by atoms with Crippen molar-refractivity contribution in [2.75, 3.05) is 19.8 Å². The molecule has 6 heteroatoms. The summed E-state index contributed by atoms with van der Waals surface area (Å²) in [6, 6.07) is 6.00. The monoisotopic (exact) mass is 298 g/mol. The normalized spacial score (nSPS) is 16.2. The van der Waals surface area contributed by atoms with Gasteiger partial charge in [0, 0.05) is 43.3 Å². The van der Waals surface area contributed by atoms with Gasteiger partial charge in [-0.3, -0.25) is 9.78 Å². The van der Waals surface area contributed by atoms with E-state index < -0.39 is 0 Å². The molecule has 2 aromatic heterocycles. The van der Waals surface area contributed by atoms with E-state index in [4.69, 9.17) is 9.47 Å². The molecule has 1 aromatic carbocycles. The molecule has 0 saturated carbocycles. The van der Waals surface area contributed by atoms with Crippen molar-refractivity contribution in [3.8, 4) is 17.0 Å². The molecule has 0 spiro atoms. The lowest BCUT2D eigenvalue weighted by Gasteiger charge is -2.07. The largest absolute Gasteiger partial charge is 0.493 e. The van der Waals surface area contributed by atoms with E-state index in [-0.39, 0.29) is 0 Å². The van der Waals surface area contributed by atoms with Crippen molar-refractivity contribution in [1.29, 1.82) is 0 Å². The summed E-state index contributed by atoms with van der Waals surface area (Å²) in [5.74, 6) is 0.859. The summed E-state index contributed by atoms with van der Waals surface area (Å²) < 4.78 is 13.4. The molecular weight excluding hydrogens is 280 g/mol. The first-order valence-corrected chi connectivity index (χ1v) is 7.62. The zero-order chi connectivity index (χ0) is 14.8. The van der Waals surface area contributed by atoms with Gasteiger partial charge in [0.05, 0.1) is 18.3 Å². The quantitative estimate of drug-likeness (QED) is 0.693. The summed E-state index contributed by atoms with van der Waals surface area (Å²) in [7, 11) is 0. The first-order chi connectivity index (χ1) is 10.9. The molecule has 0 radical (unpaired) electrons. The van der Waals surface area contributed by atoms with Gasteiger partial charge in [-0.05, 0) is 24.6 Å². The molecule has 1 N–H and O–H groups in total. The number of benzene rings is 1. The summed E-state index contributed by atoms with van der Waals surface area (Å²) in [6.45, 7) is 2.98. The topological polar surface area (TPSA) is 65.0 Å². The number of aromatic amines is 1. The van der Waals surface area contributed by atoms with Crippen molar-refractivity contribution in [1.82, 2.24) is 20.0 Å². The van der Waals surface area contributed by atoms with E-state index >= 15 is 0 Å². The van der Waals surface area contributed by atoms with Gasteiger partial charge in [0.25, 0.3) is 0 Å². The molecule has 22 heavy (non-hydrogen) atoms. The first-order valence-electron chi connectivity index (χ1n) is 7.62. The predicted molar refractivity (Wildman–Crippen MR) is 82.9 cm³/mol. The minimum atomic E-state index is 0.662. The van der Waals surface area contributed by atoms with Crippen LogP contribution in [-0.4, -0.2) is 39.8 Å². The highest BCUT2D eigenvalue weighted by molar-refractivity contribution is 5.93. The molecule has 0 atom stereocenters. The van der Waals surface area contributed by atoms with E-state index in [1.54, 1.807) is 0 Å². The van der Waals surface area contributed by atoms with Crippen LogP contribution in [0.3, 0.4) is 0 Å². The average Bonchev–Trinajstić information content (AvgIpc) is 3.15. The van der Waals surface area contributed by atoms with Crippen molar-refractivity contribution in [2.24, 2.45) is 0 Å². The molecule has 4 rings (SSSR count). The van der Waals surface area contributed by atoms with Gasteiger partial charge in [-0.1, -0.05) is 0 Å². The Labute approximate surface area is 128 Å². The van der Waals surface area contributed by atoms with Gasteiger partial charge >= 0.3 is 0 Å². The summed E-state index contributed by atoms with van der Waals surface area (Å²) in [5.41, 5.74) is 2.93. The number of hydrogen-bond acceptors (Lipinski definition) is 4. The number of fused-ring (bicyclic) bond motifs is 4. The maximum Gasteiger partial charge on any atom is 0.120 e. The number of ether oxygens (including phenoxy) is 2. The van der Waals surface area contributed by atoms with Crippen LogP contribution in [0.15, 0.2) is 30.6 Å². The second kappa shape index (κ2) is 5.81. The minimum absolute atomic E-state index is 0.662. The highest BCUT2D eigenvalue weighted by Gasteiger charge is 2.11. The SMILES string of the molecule is c1cc2[nH]nc3c2cc1OCCCOCCCn1cc-3cn1. The Morgan fingerprint density at radius 1 is 1.14 bits per heavy atom. The number of aryl methyl sites for hydroxylation is 1. The van der Waals surface area contributed by atoms with E-state index in [0.717, 1.165) is 60.5 Å². The van der Waals surface area contributed by atoms with Crippen LogP contribution >= 0.6 is 0 Å². The summed E-state index contributed by atoms with van der Waals surface area (Å²) >= 11 is 0. The van der Waals surface area contributed by atoms with E-state index in [1.807, 2.05) is 35.3 Å². The van der Waals surface area contributed by atoms with Crippen LogP contribution < -0.4 is 4.74 Å². The predicted octanol–water partition coefficient (Wildman–Crippen LogP) is 2.62. The Bertz CT molecular complexity index is 777. The summed E-state index contributed by atoms with van der Waals surface area (Å²) in [5, 5.41) is 13.0.